The second-order valence-electron chi connectivity index (χ2n) is 7.49. The van der Waals surface area contributed by atoms with Crippen LogP contribution in [0.5, 0.6) is 0 Å². The zero-order valence-electron chi connectivity index (χ0n) is 17.3. The van der Waals surface area contributed by atoms with Gasteiger partial charge in [0.05, 0.1) is 5.92 Å². The van der Waals surface area contributed by atoms with Crippen molar-refractivity contribution in [2.45, 2.75) is 32.8 Å². The van der Waals surface area contributed by atoms with Gasteiger partial charge in [-0.3, -0.25) is 9.59 Å². The fourth-order valence-corrected chi connectivity index (χ4v) is 3.25. The molecule has 3 amide bonds. The molecule has 30 heavy (non-hydrogen) atoms. The summed E-state index contributed by atoms with van der Waals surface area (Å²) in [5.41, 5.74) is 2.49. The molecule has 2 aromatic carbocycles. The Hall–Kier alpha value is -3.35. The number of ether oxygens (including phenoxy) is 1. The van der Waals surface area contributed by atoms with Crippen LogP contribution in [0.4, 0.5) is 16.2 Å². The lowest BCUT2D eigenvalue weighted by Crippen LogP contribution is -2.43. The summed E-state index contributed by atoms with van der Waals surface area (Å²) in [6.07, 6.45) is 0.124. The highest BCUT2D eigenvalue weighted by molar-refractivity contribution is 5.95. The average molecular weight is 409 g/mol. The van der Waals surface area contributed by atoms with E-state index in [0.29, 0.717) is 31.6 Å². The van der Waals surface area contributed by atoms with E-state index in [-0.39, 0.29) is 17.9 Å². The van der Waals surface area contributed by atoms with Crippen molar-refractivity contribution in [3.63, 3.8) is 0 Å². The molecular weight excluding hydrogens is 382 g/mol. The number of carbonyl (C=O) groups excluding carboxylic acids is 3. The molecule has 0 aromatic heterocycles. The molecule has 0 bridgehead atoms. The number of rotatable bonds is 5. The Morgan fingerprint density at radius 2 is 1.53 bits per heavy atom. The Labute approximate surface area is 176 Å². The van der Waals surface area contributed by atoms with Gasteiger partial charge in [0.25, 0.3) is 5.91 Å². The van der Waals surface area contributed by atoms with E-state index in [1.807, 2.05) is 49.4 Å². The van der Waals surface area contributed by atoms with Crippen molar-refractivity contribution in [2.75, 3.05) is 23.7 Å². The molecule has 0 unspecified atom stereocenters. The fourth-order valence-electron chi connectivity index (χ4n) is 3.25. The molecule has 158 valence electrons. The number of esters is 1. The number of likely N-dealkylation sites (tertiary alicyclic amines) is 1. The summed E-state index contributed by atoms with van der Waals surface area (Å²) in [7, 11) is 0. The molecule has 0 saturated carbocycles. The molecular formula is C23H27N3O4. The molecule has 1 saturated heterocycles. The topological polar surface area (TPSA) is 87.7 Å². The Balaban J connectivity index is 1.43. The lowest BCUT2D eigenvalue weighted by molar-refractivity contribution is -0.158. The molecule has 0 aliphatic carbocycles. The minimum Gasteiger partial charge on any atom is -0.452 e. The largest absolute Gasteiger partial charge is 0.452 e. The zero-order valence-corrected chi connectivity index (χ0v) is 17.3. The van der Waals surface area contributed by atoms with Crippen molar-refractivity contribution in [3.05, 3.63) is 60.2 Å². The second kappa shape index (κ2) is 9.91. The molecule has 2 aromatic rings. The van der Waals surface area contributed by atoms with Gasteiger partial charge in [-0.05, 0) is 51.0 Å². The molecule has 7 heteroatoms. The quantitative estimate of drug-likeness (QED) is 0.735. The second-order valence-corrected chi connectivity index (χ2v) is 7.49. The number of hydrogen-bond donors (Lipinski definition) is 2. The predicted octanol–water partition coefficient (Wildman–Crippen LogP) is 3.81. The lowest BCUT2D eigenvalue weighted by atomic mass is 9.97. The van der Waals surface area contributed by atoms with Gasteiger partial charge < -0.3 is 20.3 Å². The average Bonchev–Trinajstić information content (AvgIpc) is 2.76. The van der Waals surface area contributed by atoms with E-state index in [0.717, 1.165) is 11.3 Å². The third kappa shape index (κ3) is 5.83. The van der Waals surface area contributed by atoms with Gasteiger partial charge in [0, 0.05) is 24.5 Å². The highest BCUT2D eigenvalue weighted by Crippen LogP contribution is 2.20. The molecule has 1 fully saturated rings. The molecule has 3 rings (SSSR count). The third-order valence-corrected chi connectivity index (χ3v) is 5.12. The van der Waals surface area contributed by atoms with Crippen molar-refractivity contribution in [1.82, 2.24) is 4.90 Å². The van der Waals surface area contributed by atoms with Crippen LogP contribution in [0.25, 0.3) is 0 Å². The molecule has 7 nitrogen and oxygen atoms in total. The van der Waals surface area contributed by atoms with Gasteiger partial charge in [-0.25, -0.2) is 4.79 Å². The van der Waals surface area contributed by atoms with E-state index in [4.69, 9.17) is 4.74 Å². The Morgan fingerprint density at radius 3 is 2.17 bits per heavy atom. The normalized spacial score (nSPS) is 15.2. The van der Waals surface area contributed by atoms with Gasteiger partial charge in [-0.15, -0.1) is 0 Å². The zero-order chi connectivity index (χ0) is 21.5. The maximum Gasteiger partial charge on any atom is 0.321 e. The number of piperidine rings is 1. The van der Waals surface area contributed by atoms with Crippen molar-refractivity contribution in [1.29, 1.82) is 0 Å². The maximum atomic E-state index is 12.5. The Kier molecular flexibility index (Phi) is 7.06. The van der Waals surface area contributed by atoms with E-state index < -0.39 is 12.1 Å². The molecule has 2 N–H and O–H groups in total. The van der Waals surface area contributed by atoms with Crippen molar-refractivity contribution in [2.24, 2.45) is 5.92 Å². The molecule has 0 radical (unpaired) electrons. The number of anilines is 2. The summed E-state index contributed by atoms with van der Waals surface area (Å²) in [6, 6.07) is 16.5. The number of nitrogens with zero attached hydrogens (tertiary/aromatic N) is 1. The molecule has 1 heterocycles. The molecule has 0 spiro atoms. The number of hydrogen-bond acceptors (Lipinski definition) is 4. The van der Waals surface area contributed by atoms with E-state index in [1.54, 1.807) is 24.0 Å². The number of urea groups is 1. The van der Waals surface area contributed by atoms with E-state index in [9.17, 15) is 14.4 Å². The van der Waals surface area contributed by atoms with Crippen LogP contribution in [0, 0.1) is 12.8 Å². The van der Waals surface area contributed by atoms with Crippen LogP contribution in [0.1, 0.15) is 25.3 Å². The Bertz CT molecular complexity index is 875. The number of carbonyl (C=O) groups is 3. The number of para-hydroxylation sites is 1. The van der Waals surface area contributed by atoms with Crippen LogP contribution in [0.3, 0.4) is 0 Å². The monoisotopic (exact) mass is 409 g/mol. The molecule has 1 aliphatic rings. The SMILES string of the molecule is Cc1ccc(NC(=O)[C@@H](C)OC(=O)C2CCN(C(=O)Nc3ccccc3)CC2)cc1. The number of amides is 3. The fraction of sp³-hybridized carbons (Fsp3) is 0.348. The number of aryl methyl sites for hydroxylation is 1. The van der Waals surface area contributed by atoms with Gasteiger partial charge >= 0.3 is 12.0 Å². The maximum absolute atomic E-state index is 12.5. The van der Waals surface area contributed by atoms with E-state index in [1.165, 1.54) is 0 Å². The molecule has 1 aliphatic heterocycles. The third-order valence-electron chi connectivity index (χ3n) is 5.12. The first-order chi connectivity index (χ1) is 14.4. The first-order valence-electron chi connectivity index (χ1n) is 10.1. The Morgan fingerprint density at radius 1 is 0.933 bits per heavy atom. The van der Waals surface area contributed by atoms with Crippen molar-refractivity contribution in [3.8, 4) is 0 Å². The lowest BCUT2D eigenvalue weighted by Gasteiger charge is -2.31. The highest BCUT2D eigenvalue weighted by Gasteiger charge is 2.30. The summed E-state index contributed by atoms with van der Waals surface area (Å²) in [5.74, 6) is -1.09. The summed E-state index contributed by atoms with van der Waals surface area (Å²) in [6.45, 7) is 4.45. The van der Waals surface area contributed by atoms with Crippen LogP contribution in [-0.2, 0) is 14.3 Å². The summed E-state index contributed by atoms with van der Waals surface area (Å²) in [4.78, 5) is 38.8. The van der Waals surface area contributed by atoms with E-state index >= 15 is 0 Å². The summed E-state index contributed by atoms with van der Waals surface area (Å²) in [5, 5.41) is 5.59. The molecule has 1 atom stereocenters. The first-order valence-corrected chi connectivity index (χ1v) is 10.1. The van der Waals surface area contributed by atoms with Gasteiger partial charge in [0.15, 0.2) is 6.10 Å². The number of nitrogens with one attached hydrogen (secondary N) is 2. The van der Waals surface area contributed by atoms with Crippen LogP contribution >= 0.6 is 0 Å². The number of benzene rings is 2. The van der Waals surface area contributed by atoms with Crippen molar-refractivity contribution < 1.29 is 19.1 Å². The van der Waals surface area contributed by atoms with Crippen LogP contribution in [-0.4, -0.2) is 42.0 Å². The van der Waals surface area contributed by atoms with Crippen LogP contribution in [0.15, 0.2) is 54.6 Å². The predicted molar refractivity (Wildman–Crippen MR) is 115 cm³/mol. The van der Waals surface area contributed by atoms with Gasteiger partial charge in [0.2, 0.25) is 0 Å². The first kappa shape index (κ1) is 21.4. The van der Waals surface area contributed by atoms with Gasteiger partial charge in [-0.1, -0.05) is 35.9 Å². The minimum atomic E-state index is -0.891. The smallest absolute Gasteiger partial charge is 0.321 e. The summed E-state index contributed by atoms with van der Waals surface area (Å²) >= 11 is 0. The van der Waals surface area contributed by atoms with Gasteiger partial charge in [0.1, 0.15) is 0 Å². The van der Waals surface area contributed by atoms with Crippen LogP contribution < -0.4 is 10.6 Å². The summed E-state index contributed by atoms with van der Waals surface area (Å²) < 4.78 is 5.37. The standard InChI is InChI=1S/C23H27N3O4/c1-16-8-10-20(11-9-16)24-21(27)17(2)30-22(28)18-12-14-26(15-13-18)23(29)25-19-6-4-3-5-7-19/h3-11,17-18H,12-15H2,1-2H3,(H,24,27)(H,25,29)/t17-/m1/s1. The van der Waals surface area contributed by atoms with Crippen LogP contribution in [0.2, 0.25) is 0 Å². The van der Waals surface area contributed by atoms with E-state index in [2.05, 4.69) is 10.6 Å². The minimum absolute atomic E-state index is 0.182. The highest BCUT2D eigenvalue weighted by atomic mass is 16.5. The van der Waals surface area contributed by atoms with Crippen molar-refractivity contribution >= 4 is 29.3 Å². The van der Waals surface area contributed by atoms with Gasteiger partial charge in [-0.2, -0.15) is 0 Å².